The number of nitrogens with one attached hydrogen (secondary N) is 6. The lowest BCUT2D eigenvalue weighted by atomic mass is 9.92. The Bertz CT molecular complexity index is 3950. The first-order valence-electron chi connectivity index (χ1n) is 37.1. The lowest BCUT2D eigenvalue weighted by Crippen LogP contribution is -2.54. The number of rotatable bonds is 53. The van der Waals surface area contributed by atoms with E-state index in [2.05, 4.69) is 31.9 Å². The number of carbonyl (C=O) groups is 11. The van der Waals surface area contributed by atoms with Crippen LogP contribution in [0.4, 0.5) is 8.78 Å². The Kier molecular flexibility index (Phi) is 40.1. The lowest BCUT2D eigenvalue weighted by Gasteiger charge is -2.26. The number of nitrogens with zero attached hydrogens (tertiary/aromatic N) is 3. The number of likely N-dealkylation sites (tertiary alicyclic amines) is 1. The normalized spacial score (nSPS) is 16.3. The minimum Gasteiger partial charge on any atom is -0.480 e. The summed E-state index contributed by atoms with van der Waals surface area (Å²) >= 11 is 0.753. The summed E-state index contributed by atoms with van der Waals surface area (Å²) in [7, 11) is 0. The standard InChI is InChI=1S/C75H104F2N10O25S/c1-3-29-85-64(100)33-59(72(85)107)113-40-53(74(109)110)84-71(106)52(23-26-62(98)81-35-56(93)67(102)69(104)58(95)39-89)83-70(105)46(27-30-112-41-90)32-54(91)51(22-25-61(97)80-34-55(92)66(101)68(103)57(94)38-88)82-63(99)20-10-5-4-6-11-28-79-60(96)24-21-43-14-12-17-45(31-43)65-42(2)86(36-47-48(76)18-13-19-49(47)77)75(111)87(73(65)108)37-50(78)44-15-8-7-9-16-44/h7-9,12-19,31,41,46,50-53,55-59,66-69,88-89,92-95,101-104H,3-6,10-11,20-30,32-40,78H2,1-2H3,(H,79,96)(H,80,97)(H,81,98)(H,82,99)(H,83,105)(H,84,106)(H,109,110)/t46-,50+,51+,52+,53+,55-,56-,57+,58+,59?,66+,67+,68+,69+/m0/s1. The number of carboxylic acids is 1. The molecule has 624 valence electrons. The molecule has 0 spiro atoms. The van der Waals surface area contributed by atoms with Gasteiger partial charge in [-0.15, -0.1) is 11.8 Å². The van der Waals surface area contributed by atoms with E-state index in [4.69, 9.17) is 15.6 Å². The predicted molar refractivity (Wildman–Crippen MR) is 401 cm³/mol. The van der Waals surface area contributed by atoms with Crippen molar-refractivity contribution in [3.63, 3.8) is 0 Å². The van der Waals surface area contributed by atoms with Crippen molar-refractivity contribution >= 4 is 77.2 Å². The van der Waals surface area contributed by atoms with Gasteiger partial charge in [0.25, 0.3) is 12.0 Å². The van der Waals surface area contributed by atoms with Crippen LogP contribution in [0.15, 0.2) is 82.4 Å². The van der Waals surface area contributed by atoms with Crippen LogP contribution in [0.2, 0.25) is 0 Å². The first kappa shape index (κ1) is 94.3. The number of thioether (sulfide) groups is 1. The van der Waals surface area contributed by atoms with E-state index in [0.29, 0.717) is 48.8 Å². The number of hydrogen-bond donors (Lipinski definition) is 18. The van der Waals surface area contributed by atoms with Crippen molar-refractivity contribution < 1.29 is 122 Å². The molecule has 1 fully saturated rings. The molecule has 35 nitrogen and oxygen atoms in total. The molecule has 14 atom stereocenters. The zero-order chi connectivity index (χ0) is 83.6. The van der Waals surface area contributed by atoms with Crippen molar-refractivity contribution in [3.05, 3.63) is 128 Å². The molecule has 1 aromatic heterocycles. The number of hydrogen-bond acceptors (Lipinski definition) is 26. The smallest absolute Gasteiger partial charge is 0.331 e. The molecule has 0 bridgehead atoms. The number of benzene rings is 3. The summed E-state index contributed by atoms with van der Waals surface area (Å²) in [4.78, 5) is 175. The zero-order valence-corrected chi connectivity index (χ0v) is 63.5. The summed E-state index contributed by atoms with van der Waals surface area (Å²) in [5.74, 6) is -12.7. The third kappa shape index (κ3) is 29.5. The highest BCUT2D eigenvalue weighted by Crippen LogP contribution is 2.28. The minimum atomic E-state index is -2.10. The fraction of sp³-hybridized carbons (Fsp3) is 0.560. The molecular weight excluding hydrogens is 1510 g/mol. The quantitative estimate of drug-likeness (QED) is 0.0119. The van der Waals surface area contributed by atoms with Gasteiger partial charge >= 0.3 is 11.7 Å². The lowest BCUT2D eigenvalue weighted by molar-refractivity contribution is -0.142. The fourth-order valence-corrected chi connectivity index (χ4v) is 13.4. The van der Waals surface area contributed by atoms with E-state index in [0.717, 1.165) is 37.9 Å². The summed E-state index contributed by atoms with van der Waals surface area (Å²) < 4.78 is 37.0. The number of carbonyl (C=O) groups excluding carboxylic acids is 10. The van der Waals surface area contributed by atoms with Gasteiger partial charge in [-0.1, -0.05) is 86.8 Å². The van der Waals surface area contributed by atoms with Gasteiger partial charge in [-0.25, -0.2) is 18.4 Å². The number of aliphatic hydroxyl groups is 10. The van der Waals surface area contributed by atoms with Gasteiger partial charge in [0.15, 0.2) is 5.78 Å². The molecule has 1 aliphatic heterocycles. The molecule has 38 heteroatoms. The number of Topliss-reactive ketones (excluding diaryl/α,β-unsaturated/α-hetero) is 1. The third-order valence-corrected chi connectivity index (χ3v) is 20.3. The molecule has 1 saturated heterocycles. The summed E-state index contributed by atoms with van der Waals surface area (Å²) in [6, 6.07) is 12.7. The Labute approximate surface area is 653 Å². The number of amides is 8. The van der Waals surface area contributed by atoms with Crippen molar-refractivity contribution in [2.45, 2.75) is 208 Å². The fourth-order valence-electron chi connectivity index (χ4n) is 12.3. The topological polar surface area (TPSA) is 565 Å². The van der Waals surface area contributed by atoms with E-state index in [9.17, 15) is 113 Å². The largest absolute Gasteiger partial charge is 0.480 e. The van der Waals surface area contributed by atoms with Gasteiger partial charge in [0, 0.05) is 93.7 Å². The number of ketones is 1. The van der Waals surface area contributed by atoms with Crippen LogP contribution < -0.4 is 48.9 Å². The number of ether oxygens (including phenoxy) is 1. The molecular formula is C75H104F2N10O25S. The highest BCUT2D eigenvalue weighted by Gasteiger charge is 2.41. The average molecular weight is 1620 g/mol. The average Bonchev–Trinajstić information content (AvgIpc) is 1.37. The predicted octanol–water partition coefficient (Wildman–Crippen LogP) is -2.99. The van der Waals surface area contributed by atoms with Gasteiger partial charge in [0.05, 0.1) is 62.0 Å². The second-order valence-electron chi connectivity index (χ2n) is 27.4. The maximum Gasteiger partial charge on any atom is 0.331 e. The van der Waals surface area contributed by atoms with Crippen LogP contribution in [0, 0.1) is 24.5 Å². The Morgan fingerprint density at radius 3 is 1.81 bits per heavy atom. The number of aliphatic carboxylic acids is 1. The molecule has 2 heterocycles. The van der Waals surface area contributed by atoms with E-state index in [1.54, 1.807) is 61.5 Å². The first-order chi connectivity index (χ1) is 53.8. The first-order valence-corrected chi connectivity index (χ1v) is 38.1. The highest BCUT2D eigenvalue weighted by atomic mass is 32.2. The number of nitrogens with two attached hydrogens (primary N) is 1. The van der Waals surface area contributed by atoms with Crippen molar-refractivity contribution in [2.24, 2.45) is 11.7 Å². The van der Waals surface area contributed by atoms with Crippen LogP contribution in [0.5, 0.6) is 0 Å². The van der Waals surface area contributed by atoms with Crippen LogP contribution >= 0.6 is 11.8 Å². The van der Waals surface area contributed by atoms with E-state index in [1.807, 2.05) is 0 Å². The number of halogens is 2. The van der Waals surface area contributed by atoms with Gasteiger partial charge in [-0.2, -0.15) is 0 Å². The summed E-state index contributed by atoms with van der Waals surface area (Å²) in [5, 5.41) is 123. The molecule has 4 aromatic rings. The number of aromatic nitrogens is 2. The van der Waals surface area contributed by atoms with Crippen LogP contribution in [0.1, 0.15) is 132 Å². The SMILES string of the molecule is CCCN1C(=O)CC(SC[C@@H](NC(=O)[C@@H](CCC(=O)NC[C@H](O)[C@@H](O)[C@H](O)[C@H](O)CO)NC(=O)[C@@H](CCOC=O)CC(=O)[C@@H](CCC(=O)NC[C@H](O)[C@@H](O)[C@H](O)[C@H](O)CO)NC(=O)CCCCCCCNC(=O)CCc2cccc(-c3c(C)n(Cc4c(F)cccc4F)c(=O)n(C[C@@H](N)c4ccccc4)c3=O)c2)C(=O)O)C1=O. The Morgan fingerprint density at radius 2 is 1.21 bits per heavy atom. The zero-order valence-electron chi connectivity index (χ0n) is 62.7. The van der Waals surface area contributed by atoms with Gasteiger partial charge in [0.1, 0.15) is 60.3 Å². The Balaban J connectivity index is 1.25. The minimum absolute atomic E-state index is 0.0170. The van der Waals surface area contributed by atoms with E-state index in [-0.39, 0.29) is 75.4 Å². The van der Waals surface area contributed by atoms with Gasteiger partial charge < -0.3 is 98.5 Å². The van der Waals surface area contributed by atoms with E-state index in [1.165, 1.54) is 13.0 Å². The number of unbranched alkanes of at least 4 members (excludes halogenated alkanes) is 4. The molecule has 0 radical (unpaired) electrons. The molecule has 5 rings (SSSR count). The maximum atomic E-state index is 15.0. The Hall–Kier alpha value is -9.32. The Morgan fingerprint density at radius 1 is 0.646 bits per heavy atom. The summed E-state index contributed by atoms with van der Waals surface area (Å²) in [6.07, 6.45) is -17.0. The van der Waals surface area contributed by atoms with Crippen LogP contribution in [-0.4, -0.2) is 260 Å². The molecule has 113 heavy (non-hydrogen) atoms. The molecule has 0 saturated carbocycles. The summed E-state index contributed by atoms with van der Waals surface area (Å²) in [5.41, 5.74) is 6.48. The van der Waals surface area contributed by atoms with Crippen molar-refractivity contribution in [3.8, 4) is 11.1 Å². The van der Waals surface area contributed by atoms with Crippen LogP contribution in [0.25, 0.3) is 11.1 Å². The molecule has 3 aromatic carbocycles. The highest BCUT2D eigenvalue weighted by molar-refractivity contribution is 8.00. The van der Waals surface area contributed by atoms with E-state index >= 15 is 8.78 Å². The van der Waals surface area contributed by atoms with Gasteiger partial charge in [-0.3, -0.25) is 66.8 Å². The number of imide groups is 1. The molecule has 1 unspecified atom stereocenters. The molecule has 0 aliphatic carbocycles. The number of carboxylic acid groups (broad SMARTS) is 1. The maximum absolute atomic E-state index is 15.0. The monoisotopic (exact) mass is 1610 g/mol. The molecule has 1 aliphatic rings. The number of aryl methyl sites for hydroxylation is 1. The van der Waals surface area contributed by atoms with E-state index < -0.39 is 249 Å². The number of aliphatic hydroxyl groups excluding tert-OH is 10. The van der Waals surface area contributed by atoms with Crippen molar-refractivity contribution in [1.82, 2.24) is 45.9 Å². The third-order valence-electron chi connectivity index (χ3n) is 19.0. The second kappa shape index (κ2) is 48.0. The van der Waals surface area contributed by atoms with Gasteiger partial charge in [0.2, 0.25) is 47.3 Å². The van der Waals surface area contributed by atoms with Crippen molar-refractivity contribution in [2.75, 3.05) is 51.8 Å². The van der Waals surface area contributed by atoms with Crippen molar-refractivity contribution in [1.29, 1.82) is 0 Å². The van der Waals surface area contributed by atoms with Crippen LogP contribution in [-0.2, 0) is 77.0 Å². The molecule has 19 N–H and O–H groups in total. The second-order valence-corrected chi connectivity index (χ2v) is 28.7. The molecule has 8 amide bonds. The summed E-state index contributed by atoms with van der Waals surface area (Å²) in [6.45, 7) is -1.23. The van der Waals surface area contributed by atoms with Gasteiger partial charge in [-0.05, 0) is 80.7 Å². The van der Waals surface area contributed by atoms with Crippen LogP contribution in [0.3, 0.4) is 0 Å².